The van der Waals surface area contributed by atoms with Crippen molar-refractivity contribution in [3.63, 3.8) is 0 Å². The normalized spacial score (nSPS) is 12.1. The summed E-state index contributed by atoms with van der Waals surface area (Å²) >= 11 is 0. The molecule has 254 valence electrons. The molecule has 0 saturated carbocycles. The summed E-state index contributed by atoms with van der Waals surface area (Å²) in [5, 5.41) is 36.5. The number of benzene rings is 6. The second-order valence-electron chi connectivity index (χ2n) is 10.6. The van der Waals surface area contributed by atoms with Crippen LogP contribution in [0.4, 0.5) is 22.7 Å². The van der Waals surface area contributed by atoms with Crippen molar-refractivity contribution < 1.29 is 138 Å². The first-order valence-corrected chi connectivity index (χ1v) is 18.2. The maximum Gasteiger partial charge on any atom is 1.00 e. The van der Waals surface area contributed by atoms with Crippen LogP contribution in [-0.4, -0.2) is 49.1 Å². The number of azo groups is 2. The van der Waals surface area contributed by atoms with Crippen molar-refractivity contribution in [1.82, 2.24) is 0 Å². The zero-order chi connectivity index (χ0) is 36.0. The summed E-state index contributed by atoms with van der Waals surface area (Å²) < 4.78 is 107. The smallest absolute Gasteiger partial charge is 0.744 e. The SMILES string of the molecule is O=S(=O)([O-])c1cc2cccc(S(=O)(=O)[O-])c2c(O)c1N=Nc1ccc(-c2ccc(N=Nc3c(O)ccc4cccc(S(=O)(=O)[O-])c34)cc2)cc1.[Na+].[Na+].[Na+]. The van der Waals surface area contributed by atoms with E-state index in [-0.39, 0.29) is 117 Å². The number of aromatic hydroxyl groups is 2. The van der Waals surface area contributed by atoms with Gasteiger partial charge in [0.2, 0.25) is 0 Å². The number of rotatable bonds is 8. The summed E-state index contributed by atoms with van der Waals surface area (Å²) in [6.07, 6.45) is 0. The fourth-order valence-corrected chi connectivity index (χ4v) is 7.21. The van der Waals surface area contributed by atoms with Gasteiger partial charge in [-0.05, 0) is 70.4 Å². The Kier molecular flexibility index (Phi) is 14.7. The summed E-state index contributed by atoms with van der Waals surface area (Å²) in [7, 11) is -15.2. The fourth-order valence-electron chi connectivity index (χ4n) is 5.14. The fraction of sp³-hybridized carbons (Fsp3) is 0. The van der Waals surface area contributed by atoms with E-state index in [1.165, 1.54) is 36.4 Å². The number of phenols is 2. The minimum absolute atomic E-state index is 0. The molecule has 0 unspecified atom stereocenters. The van der Waals surface area contributed by atoms with E-state index < -0.39 is 61.9 Å². The van der Waals surface area contributed by atoms with Gasteiger partial charge < -0.3 is 23.9 Å². The zero-order valence-corrected chi connectivity index (χ0v) is 36.3. The molecule has 0 atom stereocenters. The van der Waals surface area contributed by atoms with Crippen LogP contribution < -0.4 is 88.7 Å². The summed E-state index contributed by atoms with van der Waals surface area (Å²) in [4.78, 5) is -2.37. The molecule has 0 aromatic heterocycles. The molecule has 53 heavy (non-hydrogen) atoms. The second-order valence-corrected chi connectivity index (χ2v) is 14.6. The van der Waals surface area contributed by atoms with Crippen molar-refractivity contribution >= 4 is 74.6 Å². The third-order valence-corrected chi connectivity index (χ3v) is 10.0. The van der Waals surface area contributed by atoms with Crippen LogP contribution in [0.5, 0.6) is 11.5 Å². The number of fused-ring (bicyclic) bond motifs is 2. The van der Waals surface area contributed by atoms with Gasteiger partial charge in [0.15, 0.2) is 5.75 Å². The average Bonchev–Trinajstić information content (AvgIpc) is 3.06. The molecule has 0 aliphatic carbocycles. The summed E-state index contributed by atoms with van der Waals surface area (Å²) in [6, 6.07) is 23.6. The molecule has 0 heterocycles. The van der Waals surface area contributed by atoms with Gasteiger partial charge in [-0.3, -0.25) is 0 Å². The van der Waals surface area contributed by atoms with Gasteiger partial charge in [0.1, 0.15) is 47.5 Å². The minimum atomic E-state index is -5.24. The van der Waals surface area contributed by atoms with Crippen LogP contribution in [0.2, 0.25) is 0 Å². The number of hydrogen-bond donors (Lipinski definition) is 2. The summed E-state index contributed by atoms with van der Waals surface area (Å²) in [6.45, 7) is 0. The third kappa shape index (κ3) is 9.79. The van der Waals surface area contributed by atoms with Crippen LogP contribution in [0.1, 0.15) is 0 Å². The Bertz CT molecular complexity index is 2750. The van der Waals surface area contributed by atoms with Gasteiger partial charge in [0.05, 0.1) is 26.1 Å². The Morgan fingerprint density at radius 2 is 0.887 bits per heavy atom. The Morgan fingerprint density at radius 3 is 1.36 bits per heavy atom. The molecule has 0 radical (unpaired) electrons. The Balaban J connectivity index is 0.00000252. The van der Waals surface area contributed by atoms with Crippen LogP contribution in [0.25, 0.3) is 32.7 Å². The van der Waals surface area contributed by atoms with Gasteiger partial charge in [0.25, 0.3) is 0 Å². The molecule has 0 saturated heterocycles. The number of phenolic OH excluding ortho intramolecular Hbond substituents is 2. The molecular weight excluding hydrogens is 782 g/mol. The van der Waals surface area contributed by atoms with Crippen molar-refractivity contribution in [2.75, 3.05) is 0 Å². The largest absolute Gasteiger partial charge is 1.00 e. The Hall–Kier alpha value is -2.63. The first-order valence-electron chi connectivity index (χ1n) is 14.0. The first-order chi connectivity index (χ1) is 23.5. The Labute approximate surface area is 369 Å². The van der Waals surface area contributed by atoms with Crippen molar-refractivity contribution in [2.45, 2.75) is 14.7 Å². The van der Waals surface area contributed by atoms with Gasteiger partial charge in [-0.25, -0.2) is 25.3 Å². The molecule has 15 nitrogen and oxygen atoms in total. The molecular formula is C32H19N4Na3O11S3. The number of nitrogens with zero attached hydrogens (tertiary/aromatic N) is 4. The minimum Gasteiger partial charge on any atom is -0.744 e. The third-order valence-electron chi connectivity index (χ3n) is 7.41. The number of hydrogen-bond acceptors (Lipinski definition) is 15. The quantitative estimate of drug-likeness (QED) is 0.0934. The van der Waals surface area contributed by atoms with E-state index in [1.54, 1.807) is 42.5 Å². The van der Waals surface area contributed by atoms with Crippen LogP contribution in [0, 0.1) is 0 Å². The van der Waals surface area contributed by atoms with Crippen LogP contribution >= 0.6 is 0 Å². The molecule has 0 spiro atoms. The van der Waals surface area contributed by atoms with E-state index >= 15 is 0 Å². The van der Waals surface area contributed by atoms with Crippen LogP contribution in [0.15, 0.2) is 138 Å². The van der Waals surface area contributed by atoms with Gasteiger partial charge in [0, 0.05) is 10.8 Å². The van der Waals surface area contributed by atoms with E-state index in [9.17, 15) is 49.1 Å². The summed E-state index contributed by atoms with van der Waals surface area (Å²) in [5.74, 6) is -1.41. The van der Waals surface area contributed by atoms with Gasteiger partial charge in [-0.15, -0.1) is 10.2 Å². The van der Waals surface area contributed by atoms with Crippen molar-refractivity contribution in [2.24, 2.45) is 20.5 Å². The average molecular weight is 801 g/mol. The molecule has 6 aromatic rings. The zero-order valence-electron chi connectivity index (χ0n) is 27.9. The van der Waals surface area contributed by atoms with Gasteiger partial charge >= 0.3 is 88.7 Å². The maximum absolute atomic E-state index is 12.0. The predicted molar refractivity (Wildman–Crippen MR) is 175 cm³/mol. The molecule has 0 aliphatic rings. The van der Waals surface area contributed by atoms with E-state index in [4.69, 9.17) is 0 Å². The topological polar surface area (TPSA) is 262 Å². The van der Waals surface area contributed by atoms with E-state index in [0.717, 1.165) is 24.3 Å². The molecule has 0 aliphatic heterocycles. The molecule has 6 aromatic carbocycles. The van der Waals surface area contributed by atoms with Crippen LogP contribution in [0.3, 0.4) is 0 Å². The van der Waals surface area contributed by atoms with Gasteiger partial charge in [-0.2, -0.15) is 10.2 Å². The molecule has 21 heteroatoms. The molecule has 0 fully saturated rings. The molecule has 2 N–H and O–H groups in total. The van der Waals surface area contributed by atoms with Gasteiger partial charge in [-0.1, -0.05) is 54.6 Å². The predicted octanol–water partition coefficient (Wildman–Crippen LogP) is -2.37. The van der Waals surface area contributed by atoms with Crippen LogP contribution in [-0.2, 0) is 30.4 Å². The van der Waals surface area contributed by atoms with E-state index in [0.29, 0.717) is 22.2 Å². The van der Waals surface area contributed by atoms with Crippen molar-refractivity contribution in [3.8, 4) is 22.6 Å². The molecule has 6 rings (SSSR count). The van der Waals surface area contributed by atoms with E-state index in [1.807, 2.05) is 0 Å². The monoisotopic (exact) mass is 800 g/mol. The van der Waals surface area contributed by atoms with Crippen molar-refractivity contribution in [3.05, 3.63) is 103 Å². The standard InChI is InChI=1S/C32H22N4O11S3.3Na/c37-24-16-11-20-3-1-5-25(48(39,40)41)28(20)30(24)35-33-22-12-7-18(8-13-22)19-9-14-23(15-10-19)34-36-31-27(50(45,46)47)17-21-4-2-6-26(49(42,43)44)29(21)32(31)38;;;/h1-17,37-38H,(H,39,40,41)(H,42,43,44)(H,45,46,47);;;/q;3*+1/p-3. The van der Waals surface area contributed by atoms with E-state index in [2.05, 4.69) is 20.5 Å². The maximum atomic E-state index is 12.0. The second kappa shape index (κ2) is 17.4. The van der Waals surface area contributed by atoms with Crippen molar-refractivity contribution in [1.29, 1.82) is 0 Å². The first kappa shape index (κ1) is 44.8. The molecule has 0 amide bonds. The summed E-state index contributed by atoms with van der Waals surface area (Å²) in [5.41, 5.74) is 0.793. The Morgan fingerprint density at radius 1 is 0.453 bits per heavy atom. The molecule has 0 bridgehead atoms.